The summed E-state index contributed by atoms with van der Waals surface area (Å²) in [5.41, 5.74) is 1.42. The molecule has 24 heavy (non-hydrogen) atoms. The van der Waals surface area contributed by atoms with E-state index < -0.39 is 16.5 Å². The standard InChI is InChI=1S/C15H13ClF3N3O2/c16-10-5-6-14(23)13(9-10)22(24)8-7-21(20-22)12-4-2-1-3-11(12)15(17,18)19/h1-6,9,20,23H,7-8H2. The second-order valence-corrected chi connectivity index (χ2v) is 5.80. The number of hydrogen-bond donors (Lipinski definition) is 2. The molecule has 1 unspecified atom stereocenters. The molecule has 3 rings (SSSR count). The Morgan fingerprint density at radius 3 is 2.62 bits per heavy atom. The van der Waals surface area contributed by atoms with E-state index in [0.717, 1.165) is 11.1 Å². The SMILES string of the molecule is [O-][N+]1(c2cc(Cl)ccc2O)CCN(c2ccccc2C(F)(F)F)N1. The first-order chi connectivity index (χ1) is 11.2. The first-order valence-electron chi connectivity index (χ1n) is 7.00. The normalized spacial score (nSPS) is 21.3. The highest BCUT2D eigenvalue weighted by Crippen LogP contribution is 2.39. The van der Waals surface area contributed by atoms with Gasteiger partial charge < -0.3 is 10.3 Å². The Kier molecular flexibility index (Phi) is 4.08. The largest absolute Gasteiger partial charge is 0.605 e. The number of rotatable bonds is 2. The second-order valence-electron chi connectivity index (χ2n) is 5.36. The lowest BCUT2D eigenvalue weighted by atomic mass is 10.1. The van der Waals surface area contributed by atoms with Crippen LogP contribution in [0.25, 0.3) is 0 Å². The number of phenolic OH excluding ortho intramolecular Hbond substituents is 1. The van der Waals surface area contributed by atoms with Gasteiger partial charge in [0.2, 0.25) is 0 Å². The minimum Gasteiger partial charge on any atom is -0.605 e. The van der Waals surface area contributed by atoms with Gasteiger partial charge in [0, 0.05) is 11.1 Å². The summed E-state index contributed by atoms with van der Waals surface area (Å²) in [4.78, 5) is 0. The summed E-state index contributed by atoms with van der Waals surface area (Å²) >= 11 is 5.85. The molecule has 0 spiro atoms. The van der Waals surface area contributed by atoms with Crippen LogP contribution in [0.15, 0.2) is 42.5 Å². The summed E-state index contributed by atoms with van der Waals surface area (Å²) in [6.07, 6.45) is -4.54. The number of nitrogens with zero attached hydrogens (tertiary/aromatic N) is 2. The molecule has 2 aromatic carbocycles. The number of halogens is 4. The van der Waals surface area contributed by atoms with Crippen LogP contribution < -0.4 is 15.3 Å². The molecule has 0 aromatic heterocycles. The fraction of sp³-hybridized carbons (Fsp3) is 0.200. The molecular weight excluding hydrogens is 347 g/mol. The molecule has 1 fully saturated rings. The number of phenols is 1. The number of hydrazine groups is 1. The van der Waals surface area contributed by atoms with Crippen molar-refractivity contribution < 1.29 is 18.3 Å². The molecule has 1 atom stereocenters. The van der Waals surface area contributed by atoms with Crippen molar-refractivity contribution in [3.63, 3.8) is 0 Å². The molecule has 2 N–H and O–H groups in total. The van der Waals surface area contributed by atoms with Gasteiger partial charge in [0.25, 0.3) is 0 Å². The third kappa shape index (κ3) is 3.01. The molecule has 0 amide bonds. The minimum atomic E-state index is -4.54. The van der Waals surface area contributed by atoms with Crippen molar-refractivity contribution in [1.29, 1.82) is 0 Å². The molecule has 5 nitrogen and oxygen atoms in total. The number of quaternary nitrogens is 1. The smallest absolute Gasteiger partial charge is 0.418 e. The maximum atomic E-state index is 13.1. The van der Waals surface area contributed by atoms with Crippen molar-refractivity contribution >= 4 is 23.0 Å². The Bertz CT molecular complexity index is 772. The first-order valence-corrected chi connectivity index (χ1v) is 7.38. The van der Waals surface area contributed by atoms with Crippen LogP contribution in [0.2, 0.25) is 5.02 Å². The number of aromatic hydroxyl groups is 1. The van der Waals surface area contributed by atoms with Gasteiger partial charge in [-0.05, 0) is 24.3 Å². The highest BCUT2D eigenvalue weighted by Gasteiger charge is 2.39. The molecule has 128 valence electrons. The molecule has 1 aliphatic heterocycles. The molecule has 0 saturated carbocycles. The second kappa shape index (κ2) is 5.82. The fourth-order valence-corrected chi connectivity index (χ4v) is 2.79. The molecule has 1 heterocycles. The van der Waals surface area contributed by atoms with Crippen LogP contribution in [-0.4, -0.2) is 18.2 Å². The summed E-state index contributed by atoms with van der Waals surface area (Å²) in [5.74, 6) is -0.284. The van der Waals surface area contributed by atoms with Crippen LogP contribution >= 0.6 is 11.6 Å². The maximum absolute atomic E-state index is 13.1. The van der Waals surface area contributed by atoms with Crippen molar-refractivity contribution in [2.24, 2.45) is 0 Å². The zero-order valence-electron chi connectivity index (χ0n) is 12.2. The predicted octanol–water partition coefficient (Wildman–Crippen LogP) is 3.81. The van der Waals surface area contributed by atoms with Crippen LogP contribution in [-0.2, 0) is 6.18 Å². The van der Waals surface area contributed by atoms with E-state index in [1.54, 1.807) is 0 Å². The van der Waals surface area contributed by atoms with Gasteiger partial charge in [-0.2, -0.15) is 13.2 Å². The van der Waals surface area contributed by atoms with Gasteiger partial charge in [-0.15, -0.1) is 0 Å². The van der Waals surface area contributed by atoms with E-state index >= 15 is 0 Å². The Balaban J connectivity index is 1.95. The highest BCUT2D eigenvalue weighted by molar-refractivity contribution is 6.30. The van der Waals surface area contributed by atoms with Gasteiger partial charge in [-0.1, -0.05) is 29.3 Å². The summed E-state index contributed by atoms with van der Waals surface area (Å²) in [6.45, 7) is -0.0668. The number of nitrogens with one attached hydrogen (secondary N) is 1. The number of anilines is 1. The molecule has 9 heteroatoms. The van der Waals surface area contributed by atoms with Crippen molar-refractivity contribution in [3.05, 3.63) is 58.3 Å². The number of hydroxylamine groups is 1. The minimum absolute atomic E-state index is 0.0303. The third-order valence-electron chi connectivity index (χ3n) is 3.75. The molecule has 1 saturated heterocycles. The zero-order valence-corrected chi connectivity index (χ0v) is 13.0. The van der Waals surface area contributed by atoms with E-state index in [-0.39, 0.29) is 35.2 Å². The Hall–Kier alpha value is -2.00. The van der Waals surface area contributed by atoms with Gasteiger partial charge in [-0.3, -0.25) is 5.01 Å². The van der Waals surface area contributed by atoms with E-state index in [1.165, 1.54) is 36.4 Å². The molecule has 0 aliphatic carbocycles. The molecule has 1 aliphatic rings. The molecule has 0 radical (unpaired) electrons. The monoisotopic (exact) mass is 359 g/mol. The van der Waals surface area contributed by atoms with Gasteiger partial charge in [0.1, 0.15) is 6.54 Å². The van der Waals surface area contributed by atoms with E-state index in [4.69, 9.17) is 11.6 Å². The average molecular weight is 360 g/mol. The lowest BCUT2D eigenvalue weighted by Gasteiger charge is -2.36. The Morgan fingerprint density at radius 2 is 1.92 bits per heavy atom. The van der Waals surface area contributed by atoms with Gasteiger partial charge in [0.15, 0.2) is 11.4 Å². The van der Waals surface area contributed by atoms with Gasteiger partial charge in [0.05, 0.1) is 17.8 Å². The van der Waals surface area contributed by atoms with Crippen LogP contribution in [0.4, 0.5) is 24.5 Å². The third-order valence-corrected chi connectivity index (χ3v) is 3.98. The number of hydrogen-bond acceptors (Lipinski definition) is 4. The number of para-hydroxylation sites is 1. The Morgan fingerprint density at radius 1 is 1.21 bits per heavy atom. The quantitative estimate of drug-likeness (QED) is 0.632. The van der Waals surface area contributed by atoms with Crippen LogP contribution in [0.1, 0.15) is 5.56 Å². The number of benzene rings is 2. The summed E-state index contributed by atoms with van der Waals surface area (Å²) in [6, 6.07) is 8.94. The van der Waals surface area contributed by atoms with E-state index in [2.05, 4.69) is 5.53 Å². The van der Waals surface area contributed by atoms with E-state index in [1.807, 2.05) is 0 Å². The summed E-state index contributed by atoms with van der Waals surface area (Å²) in [5, 5.41) is 24.2. The molecular formula is C15H13ClF3N3O2. The zero-order chi connectivity index (χ0) is 17.5. The van der Waals surface area contributed by atoms with Crippen molar-refractivity contribution in [2.75, 3.05) is 18.1 Å². The first kappa shape index (κ1) is 16.8. The molecule has 2 aromatic rings. The summed E-state index contributed by atoms with van der Waals surface area (Å²) in [7, 11) is 0. The Labute approximate surface area is 140 Å². The lowest BCUT2D eigenvalue weighted by molar-refractivity contribution is -0.137. The highest BCUT2D eigenvalue weighted by atomic mass is 35.5. The van der Waals surface area contributed by atoms with Gasteiger partial charge >= 0.3 is 6.18 Å². The topological polar surface area (TPSA) is 58.6 Å². The van der Waals surface area contributed by atoms with Crippen molar-refractivity contribution in [2.45, 2.75) is 6.18 Å². The van der Waals surface area contributed by atoms with Crippen LogP contribution in [0.5, 0.6) is 5.75 Å². The van der Waals surface area contributed by atoms with E-state index in [9.17, 15) is 23.5 Å². The van der Waals surface area contributed by atoms with Gasteiger partial charge in [-0.25, -0.2) is 4.76 Å². The van der Waals surface area contributed by atoms with Crippen molar-refractivity contribution in [3.8, 4) is 5.75 Å². The number of alkyl halides is 3. The van der Waals surface area contributed by atoms with E-state index in [0.29, 0.717) is 0 Å². The van der Waals surface area contributed by atoms with Crippen LogP contribution in [0.3, 0.4) is 0 Å². The maximum Gasteiger partial charge on any atom is 0.418 e. The lowest BCUT2D eigenvalue weighted by Crippen LogP contribution is -2.53. The molecule has 0 bridgehead atoms. The predicted molar refractivity (Wildman–Crippen MR) is 85.1 cm³/mol. The van der Waals surface area contributed by atoms with Crippen molar-refractivity contribution in [1.82, 2.24) is 10.3 Å². The fourth-order valence-electron chi connectivity index (χ4n) is 2.62. The van der Waals surface area contributed by atoms with Crippen LogP contribution in [0, 0.1) is 5.21 Å². The average Bonchev–Trinajstić information content (AvgIpc) is 2.92. The summed E-state index contributed by atoms with van der Waals surface area (Å²) < 4.78 is 38.2.